The lowest BCUT2D eigenvalue weighted by molar-refractivity contribution is 0.0924. The van der Waals surface area contributed by atoms with Gasteiger partial charge in [-0.2, -0.15) is 9.50 Å². The van der Waals surface area contributed by atoms with Gasteiger partial charge in [0.05, 0.1) is 17.8 Å². The van der Waals surface area contributed by atoms with Crippen LogP contribution < -0.4 is 10.1 Å². The van der Waals surface area contributed by atoms with Crippen LogP contribution in [0.3, 0.4) is 0 Å². The first kappa shape index (κ1) is 18.1. The van der Waals surface area contributed by atoms with Gasteiger partial charge in [-0.1, -0.05) is 41.9 Å². The molecule has 0 fully saturated rings. The minimum atomic E-state index is -0.352. The Bertz CT molecular complexity index is 1170. The van der Waals surface area contributed by atoms with E-state index < -0.39 is 0 Å². The summed E-state index contributed by atoms with van der Waals surface area (Å²) in [6.45, 7) is 2.06. The Labute approximate surface area is 165 Å². The highest BCUT2D eigenvalue weighted by Crippen LogP contribution is 2.26. The van der Waals surface area contributed by atoms with Crippen LogP contribution in [0.5, 0.6) is 5.75 Å². The van der Waals surface area contributed by atoms with Gasteiger partial charge in [-0.3, -0.25) is 4.79 Å². The monoisotopic (exact) mass is 396 g/mol. The molecule has 1 amide bonds. The van der Waals surface area contributed by atoms with Crippen LogP contribution in [0.2, 0.25) is 5.02 Å². The largest absolute Gasteiger partial charge is 0.496 e. The van der Waals surface area contributed by atoms with E-state index in [1.807, 2.05) is 42.5 Å². The molecule has 142 valence electrons. The summed E-state index contributed by atoms with van der Waals surface area (Å²) in [4.78, 5) is 16.9. The van der Waals surface area contributed by atoms with Crippen LogP contribution in [0.15, 0.2) is 52.9 Å². The highest BCUT2D eigenvalue weighted by Gasteiger charge is 2.22. The number of para-hydroxylation sites is 1. The fourth-order valence-corrected chi connectivity index (χ4v) is 3.14. The first-order chi connectivity index (χ1) is 13.6. The molecule has 2 heterocycles. The van der Waals surface area contributed by atoms with Crippen molar-refractivity contribution in [3.8, 4) is 17.1 Å². The fraction of sp³-hybridized carbons (Fsp3) is 0.150. The molecule has 0 aliphatic carbocycles. The van der Waals surface area contributed by atoms with E-state index >= 15 is 0 Å². The molecule has 0 aliphatic heterocycles. The summed E-state index contributed by atoms with van der Waals surface area (Å²) < 4.78 is 12.4. The van der Waals surface area contributed by atoms with Gasteiger partial charge in [-0.25, -0.2) is 0 Å². The number of fused-ring (bicyclic) bond motifs is 1. The molecule has 0 spiro atoms. The van der Waals surface area contributed by atoms with Crippen LogP contribution in [-0.4, -0.2) is 27.6 Å². The molecule has 1 N–H and O–H groups in total. The van der Waals surface area contributed by atoms with Gasteiger partial charge >= 0.3 is 5.84 Å². The number of rotatable bonds is 5. The zero-order chi connectivity index (χ0) is 19.7. The molecule has 0 aliphatic rings. The summed E-state index contributed by atoms with van der Waals surface area (Å²) in [5.74, 6) is 1.19. The van der Waals surface area contributed by atoms with Crippen LogP contribution in [0.1, 0.15) is 21.8 Å². The molecule has 0 bridgehead atoms. The third kappa shape index (κ3) is 3.20. The molecule has 2 aromatic carbocycles. The van der Waals surface area contributed by atoms with Crippen LogP contribution in [0.25, 0.3) is 17.2 Å². The van der Waals surface area contributed by atoms with Crippen LogP contribution in [-0.2, 0) is 6.54 Å². The summed E-state index contributed by atoms with van der Waals surface area (Å²) in [6.07, 6.45) is 0. The minimum Gasteiger partial charge on any atom is -0.496 e. The van der Waals surface area contributed by atoms with Gasteiger partial charge in [0.2, 0.25) is 5.76 Å². The molecule has 8 heteroatoms. The predicted octanol–water partition coefficient (Wildman–Crippen LogP) is 3.89. The molecule has 0 saturated heterocycles. The maximum absolute atomic E-state index is 12.6. The molecule has 28 heavy (non-hydrogen) atoms. The van der Waals surface area contributed by atoms with E-state index in [0.29, 0.717) is 34.4 Å². The Morgan fingerprint density at radius 2 is 1.96 bits per heavy atom. The number of carbonyl (C=O) groups is 1. The maximum atomic E-state index is 12.6. The minimum absolute atomic E-state index is 0.163. The molecular weight excluding hydrogens is 380 g/mol. The van der Waals surface area contributed by atoms with E-state index in [2.05, 4.69) is 15.4 Å². The standard InChI is InChI=1S/C20H17ClN4O3/c1-12-17(19(26)22-11-13-7-3-6-10-16(13)27-2)28-20-23-18(24-25(12)20)14-8-4-5-9-15(14)21/h3-10H,11H2,1-2H3,(H,22,26). The molecule has 7 nitrogen and oxygen atoms in total. The van der Waals surface area contributed by atoms with E-state index in [4.69, 9.17) is 20.8 Å². The molecule has 0 atom stereocenters. The quantitative estimate of drug-likeness (QED) is 0.553. The summed E-state index contributed by atoms with van der Waals surface area (Å²) in [7, 11) is 1.59. The van der Waals surface area contributed by atoms with Gasteiger partial charge in [0.25, 0.3) is 5.91 Å². The highest BCUT2D eigenvalue weighted by atomic mass is 35.5. The van der Waals surface area contributed by atoms with Gasteiger partial charge < -0.3 is 14.5 Å². The lowest BCUT2D eigenvalue weighted by Gasteiger charge is -2.08. The summed E-state index contributed by atoms with van der Waals surface area (Å²) >= 11 is 6.20. The number of aryl methyl sites for hydroxylation is 1. The van der Waals surface area contributed by atoms with Crippen LogP contribution in [0, 0.1) is 6.92 Å². The molecule has 2 aromatic heterocycles. The van der Waals surface area contributed by atoms with E-state index in [1.54, 1.807) is 20.1 Å². The van der Waals surface area contributed by atoms with E-state index in [1.165, 1.54) is 4.52 Å². The highest BCUT2D eigenvalue weighted by molar-refractivity contribution is 6.33. The molecule has 4 aromatic rings. The number of oxazole rings is 1. The smallest absolute Gasteiger partial charge is 0.325 e. The van der Waals surface area contributed by atoms with Gasteiger partial charge in [-0.05, 0) is 25.1 Å². The van der Waals surface area contributed by atoms with Crippen molar-refractivity contribution in [1.29, 1.82) is 0 Å². The number of nitrogens with one attached hydrogen (secondary N) is 1. The normalized spacial score (nSPS) is 11.0. The predicted molar refractivity (Wildman–Crippen MR) is 105 cm³/mol. The third-order valence-electron chi connectivity index (χ3n) is 4.37. The Morgan fingerprint density at radius 1 is 1.21 bits per heavy atom. The second kappa shape index (κ2) is 7.36. The fourth-order valence-electron chi connectivity index (χ4n) is 2.92. The topological polar surface area (TPSA) is 81.7 Å². The summed E-state index contributed by atoms with van der Waals surface area (Å²) in [6, 6.07) is 14.8. The number of hydrogen-bond acceptors (Lipinski definition) is 5. The number of hydrogen-bond donors (Lipinski definition) is 1. The van der Waals surface area contributed by atoms with E-state index in [-0.39, 0.29) is 17.5 Å². The summed E-state index contributed by atoms with van der Waals surface area (Å²) in [5, 5.41) is 7.80. The van der Waals surface area contributed by atoms with Crippen molar-refractivity contribution in [1.82, 2.24) is 19.9 Å². The van der Waals surface area contributed by atoms with Crippen molar-refractivity contribution in [3.63, 3.8) is 0 Å². The Morgan fingerprint density at radius 3 is 2.71 bits per heavy atom. The summed E-state index contributed by atoms with van der Waals surface area (Å²) in [5.41, 5.74) is 2.12. The molecular formula is C20H17ClN4O3. The number of amides is 1. The van der Waals surface area contributed by atoms with Gasteiger partial charge in [0.1, 0.15) is 5.75 Å². The SMILES string of the molecule is COc1ccccc1CNC(=O)c1oc2nc(-c3ccccc3Cl)nn2c1C. The number of ether oxygens (including phenoxy) is 1. The number of halogens is 1. The van der Waals surface area contributed by atoms with Crippen molar-refractivity contribution in [2.75, 3.05) is 7.11 Å². The number of aromatic nitrogens is 3. The van der Waals surface area contributed by atoms with Crippen molar-refractivity contribution >= 4 is 23.4 Å². The number of benzene rings is 2. The zero-order valence-corrected chi connectivity index (χ0v) is 16.0. The second-order valence-electron chi connectivity index (χ2n) is 6.12. The molecule has 0 unspecified atom stereocenters. The van der Waals surface area contributed by atoms with Crippen LogP contribution in [0.4, 0.5) is 0 Å². The lowest BCUT2D eigenvalue weighted by Crippen LogP contribution is -2.23. The van der Waals surface area contributed by atoms with Gasteiger partial charge in [0.15, 0.2) is 5.82 Å². The zero-order valence-electron chi connectivity index (χ0n) is 15.3. The maximum Gasteiger partial charge on any atom is 0.325 e. The second-order valence-corrected chi connectivity index (χ2v) is 6.53. The van der Waals surface area contributed by atoms with E-state index in [0.717, 1.165) is 5.56 Å². The molecule has 0 radical (unpaired) electrons. The number of nitrogens with zero attached hydrogens (tertiary/aromatic N) is 3. The Balaban J connectivity index is 1.58. The first-order valence-electron chi connectivity index (χ1n) is 8.59. The lowest BCUT2D eigenvalue weighted by atomic mass is 10.2. The van der Waals surface area contributed by atoms with Crippen molar-refractivity contribution in [2.45, 2.75) is 13.5 Å². The van der Waals surface area contributed by atoms with Crippen molar-refractivity contribution < 1.29 is 13.9 Å². The first-order valence-corrected chi connectivity index (χ1v) is 8.97. The number of methoxy groups -OCH3 is 1. The van der Waals surface area contributed by atoms with Gasteiger partial charge in [-0.15, -0.1) is 5.10 Å². The van der Waals surface area contributed by atoms with E-state index in [9.17, 15) is 4.79 Å². The van der Waals surface area contributed by atoms with Gasteiger partial charge in [0, 0.05) is 17.7 Å². The van der Waals surface area contributed by atoms with Crippen molar-refractivity contribution in [3.05, 3.63) is 70.6 Å². The Hall–Kier alpha value is -3.32. The Kier molecular flexibility index (Phi) is 4.75. The average Bonchev–Trinajstić information content (AvgIpc) is 3.26. The average molecular weight is 397 g/mol. The van der Waals surface area contributed by atoms with Crippen LogP contribution >= 0.6 is 11.6 Å². The van der Waals surface area contributed by atoms with Crippen molar-refractivity contribution in [2.24, 2.45) is 0 Å². The third-order valence-corrected chi connectivity index (χ3v) is 4.70. The number of carbonyl (C=O) groups excluding carboxylic acids is 1. The molecule has 0 saturated carbocycles. The molecule has 4 rings (SSSR count).